The van der Waals surface area contributed by atoms with Crippen molar-refractivity contribution in [1.82, 2.24) is 0 Å². The third-order valence-corrected chi connectivity index (χ3v) is 3.80. The van der Waals surface area contributed by atoms with E-state index in [1.54, 1.807) is 43.5 Å². The third kappa shape index (κ3) is 4.61. The molecule has 0 fully saturated rings. The zero-order valence-electron chi connectivity index (χ0n) is 15.0. The van der Waals surface area contributed by atoms with Crippen LogP contribution in [0.2, 0.25) is 5.02 Å². The van der Waals surface area contributed by atoms with Crippen LogP contribution in [0.4, 0.5) is 5.69 Å². The van der Waals surface area contributed by atoms with Crippen molar-refractivity contribution in [3.63, 3.8) is 0 Å². The number of hydrogen-bond donors (Lipinski definition) is 1. The number of benzene rings is 2. The lowest BCUT2D eigenvalue weighted by molar-refractivity contribution is -0.111. The van der Waals surface area contributed by atoms with Gasteiger partial charge in [0.15, 0.2) is 11.5 Å². The number of carbonyl (C=O) groups is 1. The van der Waals surface area contributed by atoms with Gasteiger partial charge in [-0.3, -0.25) is 4.79 Å². The lowest BCUT2D eigenvalue weighted by Crippen LogP contribution is -2.09. The summed E-state index contributed by atoms with van der Waals surface area (Å²) in [6.07, 6.45) is 3.00. The minimum Gasteiger partial charge on any atom is -0.496 e. The largest absolute Gasteiger partial charge is 0.496 e. The first-order valence-corrected chi connectivity index (χ1v) is 8.02. The molecule has 0 spiro atoms. The maximum absolute atomic E-state index is 12.2. The molecule has 0 aliphatic rings. The van der Waals surface area contributed by atoms with Crippen LogP contribution in [0, 0.1) is 0 Å². The van der Waals surface area contributed by atoms with E-state index in [0.29, 0.717) is 39.3 Å². The van der Waals surface area contributed by atoms with Crippen LogP contribution >= 0.6 is 11.6 Å². The molecule has 0 saturated heterocycles. The molecule has 1 amide bonds. The summed E-state index contributed by atoms with van der Waals surface area (Å²) >= 11 is 5.96. The van der Waals surface area contributed by atoms with Crippen LogP contribution < -0.4 is 24.3 Å². The third-order valence-electron chi connectivity index (χ3n) is 3.57. The van der Waals surface area contributed by atoms with Crippen LogP contribution in [0.25, 0.3) is 6.08 Å². The van der Waals surface area contributed by atoms with E-state index in [0.717, 1.165) is 0 Å². The highest BCUT2D eigenvalue weighted by atomic mass is 35.5. The van der Waals surface area contributed by atoms with Crippen LogP contribution in [0.3, 0.4) is 0 Å². The molecule has 0 saturated carbocycles. The molecule has 0 unspecified atom stereocenters. The Labute approximate surface area is 157 Å². The van der Waals surface area contributed by atoms with Gasteiger partial charge in [0.05, 0.1) is 34.1 Å². The van der Waals surface area contributed by atoms with Crippen LogP contribution in [0.5, 0.6) is 23.0 Å². The first-order valence-electron chi connectivity index (χ1n) is 7.65. The fourth-order valence-corrected chi connectivity index (χ4v) is 2.47. The van der Waals surface area contributed by atoms with E-state index in [4.69, 9.17) is 30.5 Å². The monoisotopic (exact) mass is 377 g/mol. The minimum atomic E-state index is -0.345. The van der Waals surface area contributed by atoms with Gasteiger partial charge in [0.1, 0.15) is 11.5 Å². The number of hydrogen-bond acceptors (Lipinski definition) is 5. The van der Waals surface area contributed by atoms with Crippen molar-refractivity contribution >= 4 is 29.3 Å². The van der Waals surface area contributed by atoms with Crippen molar-refractivity contribution in [3.05, 3.63) is 47.0 Å². The smallest absolute Gasteiger partial charge is 0.248 e. The normalized spacial score (nSPS) is 10.5. The van der Waals surface area contributed by atoms with Gasteiger partial charge in [-0.2, -0.15) is 0 Å². The van der Waals surface area contributed by atoms with Crippen LogP contribution in [0.1, 0.15) is 5.56 Å². The quantitative estimate of drug-likeness (QED) is 0.738. The minimum absolute atomic E-state index is 0.345. The average molecular weight is 378 g/mol. The summed E-state index contributed by atoms with van der Waals surface area (Å²) in [5, 5.41) is 3.22. The predicted molar refractivity (Wildman–Crippen MR) is 102 cm³/mol. The van der Waals surface area contributed by atoms with E-state index in [1.165, 1.54) is 27.4 Å². The van der Waals surface area contributed by atoms with Gasteiger partial charge in [-0.25, -0.2) is 0 Å². The van der Waals surface area contributed by atoms with E-state index < -0.39 is 0 Å². The molecule has 0 aliphatic heterocycles. The van der Waals surface area contributed by atoms with Gasteiger partial charge in [-0.1, -0.05) is 11.6 Å². The van der Waals surface area contributed by atoms with Gasteiger partial charge in [0.25, 0.3) is 0 Å². The van der Waals surface area contributed by atoms with Gasteiger partial charge >= 0.3 is 0 Å². The molecule has 7 heteroatoms. The zero-order valence-corrected chi connectivity index (χ0v) is 15.7. The topological polar surface area (TPSA) is 66.0 Å². The predicted octanol–water partition coefficient (Wildman–Crippen LogP) is 4.03. The second-order valence-electron chi connectivity index (χ2n) is 5.12. The molecule has 2 aromatic rings. The molecule has 0 atom stereocenters. The maximum atomic E-state index is 12.2. The fraction of sp³-hybridized carbons (Fsp3) is 0.211. The molecular weight excluding hydrogens is 358 g/mol. The number of rotatable bonds is 7. The van der Waals surface area contributed by atoms with Crippen LogP contribution in [-0.2, 0) is 4.79 Å². The van der Waals surface area contributed by atoms with Gasteiger partial charge in [-0.15, -0.1) is 0 Å². The Morgan fingerprint density at radius 3 is 2.12 bits per heavy atom. The number of anilines is 1. The van der Waals surface area contributed by atoms with E-state index in [-0.39, 0.29) is 5.91 Å². The van der Waals surface area contributed by atoms with Crippen molar-refractivity contribution in [2.24, 2.45) is 0 Å². The van der Waals surface area contributed by atoms with Gasteiger partial charge in [-0.05, 0) is 30.3 Å². The molecule has 0 bridgehead atoms. The van der Waals surface area contributed by atoms with Crippen LogP contribution in [0.15, 0.2) is 36.4 Å². The maximum Gasteiger partial charge on any atom is 0.248 e. The average Bonchev–Trinajstić information content (AvgIpc) is 2.65. The summed E-state index contributed by atoms with van der Waals surface area (Å²) in [4.78, 5) is 12.2. The molecule has 0 radical (unpaired) electrons. The highest BCUT2D eigenvalue weighted by Crippen LogP contribution is 2.35. The Balaban J connectivity index is 2.24. The summed E-state index contributed by atoms with van der Waals surface area (Å²) in [6, 6.07) is 8.39. The molecule has 0 aromatic heterocycles. The number of amides is 1. The van der Waals surface area contributed by atoms with E-state index >= 15 is 0 Å². The molecule has 138 valence electrons. The Morgan fingerprint density at radius 2 is 1.50 bits per heavy atom. The summed E-state index contributed by atoms with van der Waals surface area (Å²) in [7, 11) is 6.13. The molecule has 26 heavy (non-hydrogen) atoms. The summed E-state index contributed by atoms with van der Waals surface area (Å²) in [5.74, 6) is 1.79. The molecular formula is C19H20ClNO5. The Bertz CT molecular complexity index is 820. The summed E-state index contributed by atoms with van der Waals surface area (Å²) in [5.41, 5.74) is 1.15. The molecule has 0 aliphatic carbocycles. The Hall–Kier alpha value is -2.86. The SMILES string of the molecule is COc1cc(OC)c(OC)cc1/C=C/C(=O)Nc1cc(Cl)ccc1OC. The van der Waals surface area contributed by atoms with E-state index in [1.807, 2.05) is 0 Å². The van der Waals surface area contributed by atoms with Gasteiger partial charge in [0.2, 0.25) is 5.91 Å². The second-order valence-corrected chi connectivity index (χ2v) is 5.55. The number of methoxy groups -OCH3 is 4. The van der Waals surface area contributed by atoms with Crippen molar-refractivity contribution in [1.29, 1.82) is 0 Å². The first kappa shape index (κ1) is 19.5. The summed E-state index contributed by atoms with van der Waals surface area (Å²) < 4.78 is 21.1. The van der Waals surface area contributed by atoms with Crippen LogP contribution in [-0.4, -0.2) is 34.3 Å². The van der Waals surface area contributed by atoms with Crippen molar-refractivity contribution in [2.75, 3.05) is 33.8 Å². The molecule has 1 N–H and O–H groups in total. The van der Waals surface area contributed by atoms with Gasteiger partial charge < -0.3 is 24.3 Å². The van der Waals surface area contributed by atoms with Gasteiger partial charge in [0, 0.05) is 22.7 Å². The first-order chi connectivity index (χ1) is 12.5. The molecule has 6 nitrogen and oxygen atoms in total. The summed E-state index contributed by atoms with van der Waals surface area (Å²) in [6.45, 7) is 0. The fourth-order valence-electron chi connectivity index (χ4n) is 2.30. The molecule has 0 heterocycles. The number of ether oxygens (including phenoxy) is 4. The van der Waals surface area contributed by atoms with Crippen molar-refractivity contribution in [3.8, 4) is 23.0 Å². The number of halogens is 1. The number of carbonyl (C=O) groups excluding carboxylic acids is 1. The van der Waals surface area contributed by atoms with Crippen molar-refractivity contribution in [2.45, 2.75) is 0 Å². The van der Waals surface area contributed by atoms with E-state index in [9.17, 15) is 4.79 Å². The standard InChI is InChI=1S/C19H20ClNO5/c1-23-15-7-6-13(20)10-14(15)21-19(22)8-5-12-9-17(25-3)18(26-4)11-16(12)24-2/h5-11H,1-4H3,(H,21,22)/b8-5+. The highest BCUT2D eigenvalue weighted by molar-refractivity contribution is 6.31. The second kappa shape index (κ2) is 9.01. The number of nitrogens with one attached hydrogen (secondary N) is 1. The highest BCUT2D eigenvalue weighted by Gasteiger charge is 2.11. The van der Waals surface area contributed by atoms with E-state index in [2.05, 4.69) is 5.32 Å². The lowest BCUT2D eigenvalue weighted by Gasteiger charge is -2.12. The molecule has 2 aromatic carbocycles. The molecule has 2 rings (SSSR count). The Kier molecular flexibility index (Phi) is 6.74. The lowest BCUT2D eigenvalue weighted by atomic mass is 10.1. The zero-order chi connectivity index (χ0) is 19.1. The van der Waals surface area contributed by atoms with Crippen molar-refractivity contribution < 1.29 is 23.7 Å². The Morgan fingerprint density at radius 1 is 0.885 bits per heavy atom.